The molecule has 0 aromatic carbocycles. The zero-order valence-corrected chi connectivity index (χ0v) is 6.14. The van der Waals surface area contributed by atoms with E-state index in [1.54, 1.807) is 12.2 Å². The molecule has 0 aliphatic heterocycles. The number of nitrogens with zero attached hydrogens (tertiary/aromatic N) is 1. The van der Waals surface area contributed by atoms with Crippen LogP contribution < -0.4 is 5.73 Å². The highest BCUT2D eigenvalue weighted by atomic mass is 32.1. The Bertz CT molecular complexity index is 231. The van der Waals surface area contributed by atoms with Gasteiger partial charge in [0.1, 0.15) is 0 Å². The van der Waals surface area contributed by atoms with Crippen LogP contribution in [0, 0.1) is 0 Å². The summed E-state index contributed by atoms with van der Waals surface area (Å²) in [5.74, 6) is 0. The van der Waals surface area contributed by atoms with E-state index in [4.69, 9.17) is 10.8 Å². The van der Waals surface area contributed by atoms with Gasteiger partial charge in [-0.3, -0.25) is 0 Å². The van der Waals surface area contributed by atoms with Gasteiger partial charge >= 0.3 is 0 Å². The van der Waals surface area contributed by atoms with Crippen LogP contribution in [0.5, 0.6) is 0 Å². The second-order valence-electron chi connectivity index (χ2n) is 1.70. The Hall–Kier alpha value is -0.870. The number of thiazole rings is 1. The summed E-state index contributed by atoms with van der Waals surface area (Å²) >= 11 is 1.39. The smallest absolute Gasteiger partial charge is 0.180 e. The van der Waals surface area contributed by atoms with Crippen molar-refractivity contribution in [1.29, 1.82) is 0 Å². The van der Waals surface area contributed by atoms with Crippen LogP contribution in [0.3, 0.4) is 0 Å². The molecule has 0 aliphatic carbocycles. The summed E-state index contributed by atoms with van der Waals surface area (Å²) < 4.78 is 0. The molecule has 0 spiro atoms. The Morgan fingerprint density at radius 3 is 3.10 bits per heavy atom. The van der Waals surface area contributed by atoms with Crippen molar-refractivity contribution in [3.63, 3.8) is 0 Å². The molecule has 0 saturated heterocycles. The predicted molar refractivity (Wildman–Crippen MR) is 42.6 cm³/mol. The van der Waals surface area contributed by atoms with Gasteiger partial charge in [-0.25, -0.2) is 4.98 Å². The lowest BCUT2D eigenvalue weighted by Crippen LogP contribution is -1.81. The van der Waals surface area contributed by atoms with Crippen molar-refractivity contribution in [2.75, 3.05) is 12.3 Å². The van der Waals surface area contributed by atoms with Gasteiger partial charge in [-0.1, -0.05) is 6.08 Å². The van der Waals surface area contributed by atoms with Crippen LogP contribution >= 0.6 is 11.3 Å². The van der Waals surface area contributed by atoms with Crippen molar-refractivity contribution in [2.45, 2.75) is 0 Å². The summed E-state index contributed by atoms with van der Waals surface area (Å²) in [5.41, 5.74) is 6.16. The maximum absolute atomic E-state index is 8.39. The molecule has 4 heteroatoms. The number of nitrogen functional groups attached to an aromatic ring is 1. The Labute approximate surface area is 62.8 Å². The average molecular weight is 156 g/mol. The number of hydrogen-bond donors (Lipinski definition) is 2. The van der Waals surface area contributed by atoms with Gasteiger partial charge in [0.25, 0.3) is 0 Å². The first kappa shape index (κ1) is 7.24. The molecule has 3 nitrogen and oxygen atoms in total. The van der Waals surface area contributed by atoms with Crippen LogP contribution in [-0.4, -0.2) is 16.7 Å². The summed E-state index contributed by atoms with van der Waals surface area (Å²) in [6, 6.07) is 0. The lowest BCUT2D eigenvalue weighted by molar-refractivity contribution is 0.343. The molecule has 3 N–H and O–H groups in total. The summed E-state index contributed by atoms with van der Waals surface area (Å²) in [7, 11) is 0. The van der Waals surface area contributed by atoms with Crippen molar-refractivity contribution < 1.29 is 5.11 Å². The van der Waals surface area contributed by atoms with E-state index >= 15 is 0 Å². The zero-order chi connectivity index (χ0) is 7.40. The second kappa shape index (κ2) is 3.34. The fraction of sp³-hybridized carbons (Fsp3) is 0.167. The molecule has 0 aliphatic rings. The highest BCUT2D eigenvalue weighted by molar-refractivity contribution is 7.13. The largest absolute Gasteiger partial charge is 0.392 e. The molecule has 1 aromatic heterocycles. The van der Waals surface area contributed by atoms with E-state index in [0.717, 1.165) is 5.69 Å². The van der Waals surface area contributed by atoms with E-state index < -0.39 is 0 Å². The third-order valence-corrected chi connectivity index (χ3v) is 1.63. The molecule has 54 valence electrons. The van der Waals surface area contributed by atoms with Gasteiger partial charge in [0.15, 0.2) is 5.13 Å². The van der Waals surface area contributed by atoms with E-state index in [-0.39, 0.29) is 6.61 Å². The molecule has 0 unspecified atom stereocenters. The van der Waals surface area contributed by atoms with Gasteiger partial charge in [-0.05, 0) is 6.08 Å². The van der Waals surface area contributed by atoms with Crippen LogP contribution in [0.15, 0.2) is 11.5 Å². The second-order valence-corrected chi connectivity index (χ2v) is 2.59. The van der Waals surface area contributed by atoms with Crippen molar-refractivity contribution >= 4 is 22.5 Å². The summed E-state index contributed by atoms with van der Waals surface area (Å²) in [4.78, 5) is 3.95. The number of hydrogen-bond acceptors (Lipinski definition) is 4. The first-order chi connectivity index (χ1) is 4.83. The molecule has 0 saturated carbocycles. The van der Waals surface area contributed by atoms with Gasteiger partial charge in [0.2, 0.25) is 0 Å². The number of aliphatic hydroxyl groups is 1. The highest BCUT2D eigenvalue weighted by Crippen LogP contribution is 2.11. The Kier molecular flexibility index (Phi) is 2.42. The third-order valence-electron chi connectivity index (χ3n) is 0.934. The first-order valence-electron chi connectivity index (χ1n) is 2.81. The quantitative estimate of drug-likeness (QED) is 0.663. The molecule has 0 bridgehead atoms. The van der Waals surface area contributed by atoms with Gasteiger partial charge in [-0.15, -0.1) is 11.3 Å². The van der Waals surface area contributed by atoms with Gasteiger partial charge in [-0.2, -0.15) is 0 Å². The monoisotopic (exact) mass is 156 g/mol. The van der Waals surface area contributed by atoms with Crippen LogP contribution in [-0.2, 0) is 0 Å². The fourth-order valence-corrected chi connectivity index (χ4v) is 1.08. The lowest BCUT2D eigenvalue weighted by atomic mass is 10.4. The molecular formula is C6H8N2OS. The lowest BCUT2D eigenvalue weighted by Gasteiger charge is -1.79. The minimum absolute atomic E-state index is 0.0391. The molecule has 0 amide bonds. The van der Waals surface area contributed by atoms with Crippen LogP contribution in [0.1, 0.15) is 5.69 Å². The number of nitrogens with two attached hydrogens (primary N) is 1. The van der Waals surface area contributed by atoms with E-state index in [1.807, 2.05) is 5.38 Å². The van der Waals surface area contributed by atoms with Crippen molar-refractivity contribution in [3.05, 3.63) is 17.2 Å². The molecule has 1 rings (SSSR count). The Morgan fingerprint density at radius 1 is 1.80 bits per heavy atom. The molecule has 0 atom stereocenters. The Balaban J connectivity index is 2.67. The minimum Gasteiger partial charge on any atom is -0.392 e. The average Bonchev–Trinajstić information content (AvgIpc) is 2.31. The molecule has 1 aromatic rings. The van der Waals surface area contributed by atoms with Gasteiger partial charge in [0.05, 0.1) is 12.3 Å². The summed E-state index contributed by atoms with van der Waals surface area (Å²) in [6.07, 6.45) is 3.35. The molecule has 10 heavy (non-hydrogen) atoms. The zero-order valence-electron chi connectivity index (χ0n) is 5.32. The van der Waals surface area contributed by atoms with E-state index in [9.17, 15) is 0 Å². The number of aliphatic hydroxyl groups excluding tert-OH is 1. The topological polar surface area (TPSA) is 59.1 Å². The van der Waals surface area contributed by atoms with Crippen LogP contribution in [0.25, 0.3) is 6.08 Å². The van der Waals surface area contributed by atoms with E-state index in [0.29, 0.717) is 5.13 Å². The van der Waals surface area contributed by atoms with Crippen LogP contribution in [0.2, 0.25) is 0 Å². The van der Waals surface area contributed by atoms with Crippen LogP contribution in [0.4, 0.5) is 5.13 Å². The van der Waals surface area contributed by atoms with E-state index in [1.165, 1.54) is 11.3 Å². The summed E-state index contributed by atoms with van der Waals surface area (Å²) in [5, 5.41) is 10.8. The maximum Gasteiger partial charge on any atom is 0.180 e. The number of anilines is 1. The standard InChI is InChI=1S/C6H8N2OS/c7-6-8-5(4-10-6)2-1-3-9/h1-2,4,9H,3H2,(H2,7,8)/b2-1+. The summed E-state index contributed by atoms with van der Waals surface area (Å²) in [6.45, 7) is 0.0391. The van der Waals surface area contributed by atoms with Gasteiger partial charge < -0.3 is 10.8 Å². The minimum atomic E-state index is 0.0391. The predicted octanol–water partition coefficient (Wildman–Crippen LogP) is 0.731. The number of aromatic nitrogens is 1. The molecule has 0 radical (unpaired) electrons. The van der Waals surface area contributed by atoms with Gasteiger partial charge in [0, 0.05) is 5.38 Å². The highest BCUT2D eigenvalue weighted by Gasteiger charge is 1.90. The first-order valence-corrected chi connectivity index (χ1v) is 3.69. The molecule has 0 fully saturated rings. The molecule has 1 heterocycles. The maximum atomic E-state index is 8.39. The van der Waals surface area contributed by atoms with Crippen molar-refractivity contribution in [1.82, 2.24) is 4.98 Å². The van der Waals surface area contributed by atoms with Crippen molar-refractivity contribution in [3.8, 4) is 0 Å². The SMILES string of the molecule is Nc1nc(/C=C/CO)cs1. The van der Waals surface area contributed by atoms with E-state index in [2.05, 4.69) is 4.98 Å². The third kappa shape index (κ3) is 1.82. The molecular weight excluding hydrogens is 148 g/mol. The fourth-order valence-electron chi connectivity index (χ4n) is 0.551. The normalized spacial score (nSPS) is 10.9. The Morgan fingerprint density at radius 2 is 2.60 bits per heavy atom. The van der Waals surface area contributed by atoms with Crippen molar-refractivity contribution in [2.24, 2.45) is 0 Å². The number of rotatable bonds is 2.